The van der Waals surface area contributed by atoms with Gasteiger partial charge in [0.2, 0.25) is 0 Å². The van der Waals surface area contributed by atoms with Crippen LogP contribution in [-0.4, -0.2) is 24.9 Å². The van der Waals surface area contributed by atoms with Crippen molar-refractivity contribution in [1.29, 1.82) is 0 Å². The minimum atomic E-state index is 0. The molecule has 0 amide bonds. The summed E-state index contributed by atoms with van der Waals surface area (Å²) in [4.78, 5) is 21.1. The van der Waals surface area contributed by atoms with Gasteiger partial charge in [-0.3, -0.25) is 4.98 Å². The molecule has 6 nitrogen and oxygen atoms in total. The van der Waals surface area contributed by atoms with Crippen molar-refractivity contribution in [2.24, 2.45) is 0 Å². The van der Waals surface area contributed by atoms with Gasteiger partial charge in [-0.25, -0.2) is 15.0 Å². The normalized spacial score (nSPS) is 11.9. The third-order valence-electron chi connectivity index (χ3n) is 4.83. The topological polar surface area (TPSA) is 79.4 Å². The van der Waals surface area contributed by atoms with E-state index in [2.05, 4.69) is 44.3 Å². The third kappa shape index (κ3) is 3.62. The number of hydrogen-bond donors (Lipinski definition) is 2. The van der Waals surface area contributed by atoms with Crippen LogP contribution in [0.25, 0.3) is 33.3 Å². The molecule has 0 radical (unpaired) electrons. The summed E-state index contributed by atoms with van der Waals surface area (Å²) in [7, 11) is 0. The fourth-order valence-electron chi connectivity index (χ4n) is 3.38. The van der Waals surface area contributed by atoms with Crippen LogP contribution >= 0.6 is 12.4 Å². The molecular weight excluding hydrogens is 384 g/mol. The molecule has 29 heavy (non-hydrogen) atoms. The smallest absolute Gasteiger partial charge is 0.145 e. The highest BCUT2D eigenvalue weighted by Gasteiger charge is 2.10. The van der Waals surface area contributed by atoms with Crippen LogP contribution in [0, 0.1) is 0 Å². The summed E-state index contributed by atoms with van der Waals surface area (Å²) >= 11 is 0. The van der Waals surface area contributed by atoms with E-state index in [1.54, 1.807) is 12.5 Å². The van der Waals surface area contributed by atoms with Crippen LogP contribution in [-0.2, 0) is 0 Å². The molecular formula is C22H19ClN6. The van der Waals surface area contributed by atoms with Crippen molar-refractivity contribution in [3.8, 4) is 11.3 Å². The van der Waals surface area contributed by atoms with Crippen LogP contribution in [0.5, 0.6) is 0 Å². The second-order valence-corrected chi connectivity index (χ2v) is 6.70. The lowest BCUT2D eigenvalue weighted by Gasteiger charge is -2.15. The number of nitrogens with zero attached hydrogens (tertiary/aromatic N) is 4. The average molecular weight is 403 g/mol. The van der Waals surface area contributed by atoms with Gasteiger partial charge in [-0.2, -0.15) is 0 Å². The third-order valence-corrected chi connectivity index (χ3v) is 4.83. The first-order valence-corrected chi connectivity index (χ1v) is 9.15. The molecule has 0 saturated heterocycles. The van der Waals surface area contributed by atoms with Gasteiger partial charge in [0, 0.05) is 23.2 Å². The van der Waals surface area contributed by atoms with Crippen LogP contribution in [0.4, 0.5) is 5.82 Å². The zero-order valence-electron chi connectivity index (χ0n) is 15.7. The number of rotatable bonds is 4. The first kappa shape index (κ1) is 18.8. The lowest BCUT2D eigenvalue weighted by molar-refractivity contribution is 0.874. The molecule has 2 N–H and O–H groups in total. The summed E-state index contributed by atoms with van der Waals surface area (Å²) in [5, 5.41) is 4.41. The fraction of sp³-hybridized carbons (Fsp3) is 0.0909. The summed E-state index contributed by atoms with van der Waals surface area (Å²) in [5.41, 5.74) is 5.58. The molecule has 2 aromatic carbocycles. The van der Waals surface area contributed by atoms with Crippen molar-refractivity contribution < 1.29 is 0 Å². The zero-order valence-corrected chi connectivity index (χ0v) is 16.5. The van der Waals surface area contributed by atoms with E-state index in [-0.39, 0.29) is 18.4 Å². The molecule has 0 saturated carbocycles. The largest absolute Gasteiger partial charge is 0.362 e. The van der Waals surface area contributed by atoms with E-state index in [9.17, 15) is 0 Å². The Morgan fingerprint density at radius 1 is 0.931 bits per heavy atom. The van der Waals surface area contributed by atoms with Gasteiger partial charge in [0.15, 0.2) is 0 Å². The number of anilines is 1. The highest BCUT2D eigenvalue weighted by Crippen LogP contribution is 2.27. The molecule has 0 fully saturated rings. The average Bonchev–Trinajstić information content (AvgIpc) is 3.23. The number of hydrogen-bond acceptors (Lipinski definition) is 5. The summed E-state index contributed by atoms with van der Waals surface area (Å²) in [6.07, 6.45) is 5.22. The highest BCUT2D eigenvalue weighted by atomic mass is 35.5. The van der Waals surface area contributed by atoms with E-state index < -0.39 is 0 Å². The molecule has 3 aromatic heterocycles. The minimum Gasteiger partial charge on any atom is -0.362 e. The summed E-state index contributed by atoms with van der Waals surface area (Å²) < 4.78 is 0. The first-order valence-electron chi connectivity index (χ1n) is 9.15. The van der Waals surface area contributed by atoms with E-state index in [0.29, 0.717) is 0 Å². The Morgan fingerprint density at radius 3 is 2.66 bits per heavy atom. The Hall–Kier alpha value is -3.51. The van der Waals surface area contributed by atoms with Crippen LogP contribution in [0.15, 0.2) is 73.3 Å². The summed E-state index contributed by atoms with van der Waals surface area (Å²) in [5.74, 6) is 0.756. The summed E-state index contributed by atoms with van der Waals surface area (Å²) in [6, 6.07) is 18.4. The molecule has 0 aliphatic carbocycles. The highest BCUT2D eigenvalue weighted by molar-refractivity contribution is 5.93. The quantitative estimate of drug-likeness (QED) is 0.434. The van der Waals surface area contributed by atoms with Crippen LogP contribution < -0.4 is 5.32 Å². The Morgan fingerprint density at radius 2 is 1.79 bits per heavy atom. The molecule has 3 heterocycles. The van der Waals surface area contributed by atoms with Gasteiger partial charge in [-0.1, -0.05) is 36.4 Å². The van der Waals surface area contributed by atoms with Crippen LogP contribution in [0.1, 0.15) is 18.5 Å². The van der Waals surface area contributed by atoms with E-state index in [0.717, 1.165) is 39.1 Å². The molecule has 0 aliphatic heterocycles. The number of H-pyrrole nitrogens is 1. The predicted molar refractivity (Wildman–Crippen MR) is 118 cm³/mol. The van der Waals surface area contributed by atoms with Crippen molar-refractivity contribution in [1.82, 2.24) is 24.9 Å². The molecule has 0 unspecified atom stereocenters. The molecule has 5 rings (SSSR count). The fourth-order valence-corrected chi connectivity index (χ4v) is 3.38. The molecule has 144 valence electrons. The predicted octanol–water partition coefficient (Wildman–Crippen LogP) is 5.16. The number of halogens is 1. The van der Waals surface area contributed by atoms with E-state index in [4.69, 9.17) is 4.98 Å². The molecule has 0 spiro atoms. The number of benzene rings is 2. The first-order chi connectivity index (χ1) is 13.8. The van der Waals surface area contributed by atoms with Crippen molar-refractivity contribution in [3.05, 3.63) is 78.9 Å². The number of aromatic nitrogens is 5. The van der Waals surface area contributed by atoms with Crippen molar-refractivity contribution >= 4 is 40.3 Å². The van der Waals surface area contributed by atoms with Crippen LogP contribution in [0.2, 0.25) is 0 Å². The Kier molecular flexibility index (Phi) is 5.10. The minimum absolute atomic E-state index is 0. The maximum Gasteiger partial charge on any atom is 0.145 e. The van der Waals surface area contributed by atoms with Gasteiger partial charge in [-0.15, -0.1) is 12.4 Å². The SMILES string of the molecule is C[C@@H](Nc1cnc2cc(-c3ncnc4[nH]ccc34)ccc2n1)c1ccccc1.Cl. The lowest BCUT2D eigenvalue weighted by atomic mass is 10.1. The van der Waals surface area contributed by atoms with Gasteiger partial charge in [0.1, 0.15) is 17.8 Å². The van der Waals surface area contributed by atoms with Gasteiger partial charge < -0.3 is 10.3 Å². The zero-order chi connectivity index (χ0) is 18.9. The van der Waals surface area contributed by atoms with Gasteiger partial charge in [-0.05, 0) is 30.7 Å². The second kappa shape index (κ2) is 7.85. The molecule has 7 heteroatoms. The van der Waals surface area contributed by atoms with Gasteiger partial charge in [0.05, 0.1) is 22.9 Å². The van der Waals surface area contributed by atoms with E-state index in [1.807, 2.05) is 48.7 Å². The number of nitrogens with one attached hydrogen (secondary N) is 2. The molecule has 1 atom stereocenters. The van der Waals surface area contributed by atoms with Crippen molar-refractivity contribution in [2.45, 2.75) is 13.0 Å². The Bertz CT molecular complexity index is 1270. The van der Waals surface area contributed by atoms with Crippen LogP contribution in [0.3, 0.4) is 0 Å². The number of aromatic amines is 1. The lowest BCUT2D eigenvalue weighted by Crippen LogP contribution is -2.08. The summed E-state index contributed by atoms with van der Waals surface area (Å²) in [6.45, 7) is 2.11. The maximum atomic E-state index is 4.72. The monoisotopic (exact) mass is 402 g/mol. The Labute approximate surface area is 173 Å². The molecule has 0 bridgehead atoms. The van der Waals surface area contributed by atoms with Gasteiger partial charge >= 0.3 is 0 Å². The maximum absolute atomic E-state index is 4.72. The number of fused-ring (bicyclic) bond motifs is 2. The Balaban J connectivity index is 0.00000205. The van der Waals surface area contributed by atoms with E-state index in [1.165, 1.54) is 5.56 Å². The van der Waals surface area contributed by atoms with Crippen molar-refractivity contribution in [3.63, 3.8) is 0 Å². The molecule has 5 aromatic rings. The van der Waals surface area contributed by atoms with Crippen molar-refractivity contribution in [2.75, 3.05) is 5.32 Å². The second-order valence-electron chi connectivity index (χ2n) is 6.70. The van der Waals surface area contributed by atoms with E-state index >= 15 is 0 Å². The molecule has 0 aliphatic rings. The standard InChI is InChI=1S/C22H18N6.ClH/c1-14(15-5-3-2-4-6-15)27-20-12-24-19-11-16(7-8-18(19)28-20)21-17-9-10-23-22(17)26-13-25-21;/h2-14H,1H3,(H,27,28)(H,23,25,26);1H/t14-;/m1./s1. The van der Waals surface area contributed by atoms with Gasteiger partial charge in [0.25, 0.3) is 0 Å².